The molecule has 0 nitrogen and oxygen atoms in total. The number of halogens is 4. The molecule has 0 bridgehead atoms. The van der Waals surface area contributed by atoms with Crippen molar-refractivity contribution in [1.82, 2.24) is 0 Å². The molecule has 1 aromatic rings. The average molecular weight is 260 g/mol. The van der Waals surface area contributed by atoms with Crippen molar-refractivity contribution in [1.29, 1.82) is 0 Å². The number of benzene rings is 1. The van der Waals surface area contributed by atoms with Gasteiger partial charge in [-0.15, -0.1) is 0 Å². The molecule has 0 aliphatic rings. The van der Waals surface area contributed by atoms with Crippen LogP contribution in [0.1, 0.15) is 5.56 Å². The van der Waals surface area contributed by atoms with Crippen LogP contribution in [0.25, 0.3) is 0 Å². The molecule has 0 saturated carbocycles. The molecule has 5 heteroatoms. The summed E-state index contributed by atoms with van der Waals surface area (Å²) in [4.78, 5) is 0. The van der Waals surface area contributed by atoms with Crippen molar-refractivity contribution < 1.29 is 13.2 Å². The molecular formula is C7H4ClF3Se. The van der Waals surface area contributed by atoms with Gasteiger partial charge in [-0.1, -0.05) is 0 Å². The monoisotopic (exact) mass is 260 g/mol. The Hall–Kier alpha value is -0.181. The summed E-state index contributed by atoms with van der Waals surface area (Å²) in [6.07, 6.45) is -4.27. The van der Waals surface area contributed by atoms with E-state index in [1.807, 2.05) is 0 Å². The molecule has 0 unspecified atom stereocenters. The van der Waals surface area contributed by atoms with Gasteiger partial charge in [-0.3, -0.25) is 0 Å². The molecule has 0 saturated heterocycles. The summed E-state index contributed by atoms with van der Waals surface area (Å²) in [6, 6.07) is 5.06. The fourth-order valence-corrected chi connectivity index (χ4v) is 1.85. The number of rotatable bonds is 1. The third-order valence-corrected chi connectivity index (χ3v) is 3.08. The summed E-state index contributed by atoms with van der Waals surface area (Å²) in [5.41, 5.74) is -0.637. The van der Waals surface area contributed by atoms with Crippen LogP contribution in [0, 0.1) is 0 Å². The zero-order chi connectivity index (χ0) is 9.19. The van der Waals surface area contributed by atoms with Crippen LogP contribution in [0.4, 0.5) is 13.2 Å². The fourth-order valence-electron chi connectivity index (χ4n) is 0.720. The second kappa shape index (κ2) is 3.69. The van der Waals surface area contributed by atoms with E-state index < -0.39 is 25.8 Å². The summed E-state index contributed by atoms with van der Waals surface area (Å²) < 4.78 is 36.7. The zero-order valence-electron chi connectivity index (χ0n) is 5.73. The minimum atomic E-state index is -4.27. The molecule has 0 N–H and O–H groups in total. The van der Waals surface area contributed by atoms with Crippen molar-refractivity contribution in [2.75, 3.05) is 0 Å². The summed E-state index contributed by atoms with van der Waals surface area (Å²) >= 11 is -0.402. The molecule has 0 radical (unpaired) electrons. The third kappa shape index (κ3) is 2.41. The maximum atomic E-state index is 12.1. The van der Waals surface area contributed by atoms with Crippen molar-refractivity contribution >= 4 is 28.6 Å². The standard InChI is InChI=1S/C7H4ClF3Se/c8-12-6-3-1-2-5(4-6)7(9,10)11/h1-4H. The Labute approximate surface area is 78.1 Å². The van der Waals surface area contributed by atoms with Gasteiger partial charge in [0.05, 0.1) is 0 Å². The molecule has 0 heterocycles. The van der Waals surface area contributed by atoms with E-state index in [0.717, 1.165) is 12.1 Å². The molecule has 66 valence electrons. The third-order valence-electron chi connectivity index (χ3n) is 1.25. The van der Waals surface area contributed by atoms with Crippen molar-refractivity contribution in [3.05, 3.63) is 29.8 Å². The van der Waals surface area contributed by atoms with Crippen LogP contribution >= 0.6 is 10.1 Å². The molecule has 0 aromatic heterocycles. The maximum absolute atomic E-state index is 12.1. The first-order chi connectivity index (χ1) is 5.54. The zero-order valence-corrected chi connectivity index (χ0v) is 8.20. The van der Waals surface area contributed by atoms with Gasteiger partial charge in [0.2, 0.25) is 0 Å². The minimum absolute atomic E-state index is 0.402. The molecule has 0 aliphatic heterocycles. The number of hydrogen-bond acceptors (Lipinski definition) is 0. The van der Waals surface area contributed by atoms with Gasteiger partial charge >= 0.3 is 77.8 Å². The molecule has 0 atom stereocenters. The number of alkyl halides is 3. The van der Waals surface area contributed by atoms with E-state index in [-0.39, 0.29) is 0 Å². The van der Waals surface area contributed by atoms with E-state index in [1.54, 1.807) is 6.07 Å². The van der Waals surface area contributed by atoms with E-state index in [2.05, 4.69) is 0 Å². The van der Waals surface area contributed by atoms with Gasteiger partial charge in [-0.25, -0.2) is 0 Å². The molecular weight excluding hydrogens is 255 g/mol. The summed E-state index contributed by atoms with van der Waals surface area (Å²) in [5, 5.41) is 0. The average Bonchev–Trinajstić information content (AvgIpc) is 2.03. The van der Waals surface area contributed by atoms with Gasteiger partial charge in [0.25, 0.3) is 0 Å². The van der Waals surface area contributed by atoms with Gasteiger partial charge in [-0.2, -0.15) is 0 Å². The van der Waals surface area contributed by atoms with Gasteiger partial charge in [0.1, 0.15) is 0 Å². The SMILES string of the molecule is FC(F)(F)c1cccc([Se]Cl)c1. The molecule has 0 spiro atoms. The van der Waals surface area contributed by atoms with E-state index >= 15 is 0 Å². The van der Waals surface area contributed by atoms with Gasteiger partial charge < -0.3 is 0 Å². The quantitative estimate of drug-likeness (QED) is 0.678. The Morgan fingerprint density at radius 1 is 1.25 bits per heavy atom. The molecule has 1 aromatic carbocycles. The Bertz CT molecular complexity index is 272. The number of hydrogen-bond donors (Lipinski definition) is 0. The second-order valence-corrected chi connectivity index (χ2v) is 4.22. The molecule has 0 fully saturated rings. The van der Waals surface area contributed by atoms with Crippen molar-refractivity contribution in [3.8, 4) is 0 Å². The van der Waals surface area contributed by atoms with Crippen LogP contribution in [-0.2, 0) is 6.18 Å². The first-order valence-electron chi connectivity index (χ1n) is 3.00. The first-order valence-corrected chi connectivity index (χ1v) is 6.10. The van der Waals surface area contributed by atoms with Crippen LogP contribution in [0.5, 0.6) is 0 Å². The summed E-state index contributed by atoms with van der Waals surface area (Å²) in [5.74, 6) is 0. The molecule has 12 heavy (non-hydrogen) atoms. The van der Waals surface area contributed by atoms with E-state index in [9.17, 15) is 13.2 Å². The topological polar surface area (TPSA) is 0 Å². The van der Waals surface area contributed by atoms with Crippen LogP contribution < -0.4 is 4.46 Å². The summed E-state index contributed by atoms with van der Waals surface area (Å²) in [6.45, 7) is 0. The molecule has 1 rings (SSSR count). The van der Waals surface area contributed by atoms with Crippen LogP contribution in [0.15, 0.2) is 24.3 Å². The van der Waals surface area contributed by atoms with E-state index in [4.69, 9.17) is 10.1 Å². The summed E-state index contributed by atoms with van der Waals surface area (Å²) in [7, 11) is 5.44. The Kier molecular flexibility index (Phi) is 3.04. The normalized spacial score (nSPS) is 11.7. The first kappa shape index (κ1) is 9.90. The Morgan fingerprint density at radius 2 is 1.92 bits per heavy atom. The van der Waals surface area contributed by atoms with Crippen LogP contribution in [-0.4, -0.2) is 14.0 Å². The molecule has 0 amide bonds. The van der Waals surface area contributed by atoms with Crippen molar-refractivity contribution in [2.24, 2.45) is 0 Å². The van der Waals surface area contributed by atoms with Gasteiger partial charge in [-0.05, 0) is 0 Å². The van der Waals surface area contributed by atoms with Gasteiger partial charge in [0, 0.05) is 0 Å². The van der Waals surface area contributed by atoms with E-state index in [1.165, 1.54) is 6.07 Å². The van der Waals surface area contributed by atoms with Crippen molar-refractivity contribution in [2.45, 2.75) is 6.18 Å². The van der Waals surface area contributed by atoms with Gasteiger partial charge in [0.15, 0.2) is 0 Å². The fraction of sp³-hybridized carbons (Fsp3) is 0.143. The second-order valence-electron chi connectivity index (χ2n) is 2.10. The molecule has 0 aliphatic carbocycles. The Morgan fingerprint density at radius 3 is 2.42 bits per heavy atom. The van der Waals surface area contributed by atoms with Crippen molar-refractivity contribution in [3.63, 3.8) is 0 Å². The van der Waals surface area contributed by atoms with E-state index in [0.29, 0.717) is 4.46 Å². The predicted molar refractivity (Wildman–Crippen MR) is 42.7 cm³/mol. The Balaban J connectivity index is 3.02. The predicted octanol–water partition coefficient (Wildman–Crippen LogP) is 2.19. The van der Waals surface area contributed by atoms with Crippen LogP contribution in [0.3, 0.4) is 0 Å². The van der Waals surface area contributed by atoms with Crippen LogP contribution in [0.2, 0.25) is 0 Å².